The number of rotatable bonds is 11. The van der Waals surface area contributed by atoms with E-state index >= 15 is 0 Å². The first-order valence-corrected chi connectivity index (χ1v) is 9.76. The van der Waals surface area contributed by atoms with Crippen molar-refractivity contribution in [2.24, 2.45) is 10.9 Å². The molecule has 0 saturated heterocycles. The number of aromatic nitrogens is 1. The molecule has 0 aliphatic rings. The fourth-order valence-corrected chi connectivity index (χ4v) is 3.02. The average molecular weight is 348 g/mol. The normalized spacial score (nSPS) is 13.3. The van der Waals surface area contributed by atoms with Crippen LogP contribution in [0.3, 0.4) is 0 Å². The molecule has 1 unspecified atom stereocenters. The molecule has 0 aliphatic carbocycles. The second-order valence-corrected chi connectivity index (χ2v) is 6.72. The van der Waals surface area contributed by atoms with Crippen LogP contribution in [0.1, 0.15) is 46.7 Å². The predicted molar refractivity (Wildman–Crippen MR) is 108 cm³/mol. The summed E-state index contributed by atoms with van der Waals surface area (Å²) in [5.74, 6) is 1.58. The molecule has 0 radical (unpaired) electrons. The molecule has 0 bridgehead atoms. The van der Waals surface area contributed by atoms with Gasteiger partial charge in [-0.3, -0.25) is 14.9 Å². The highest BCUT2D eigenvalue weighted by molar-refractivity contribution is 5.79. The van der Waals surface area contributed by atoms with E-state index in [-0.39, 0.29) is 0 Å². The highest BCUT2D eigenvalue weighted by Gasteiger charge is 2.17. The molecule has 0 spiro atoms. The number of hydrogen-bond donors (Lipinski definition) is 2. The first kappa shape index (κ1) is 21.4. The lowest BCUT2D eigenvalue weighted by molar-refractivity contribution is 0.196. The minimum absolute atomic E-state index is 0.501. The smallest absolute Gasteiger partial charge is 0.191 e. The van der Waals surface area contributed by atoms with Gasteiger partial charge in [-0.25, -0.2) is 0 Å². The van der Waals surface area contributed by atoms with Crippen molar-refractivity contribution in [3.63, 3.8) is 0 Å². The monoisotopic (exact) mass is 347 g/mol. The summed E-state index contributed by atoms with van der Waals surface area (Å²) in [5, 5.41) is 6.79. The Morgan fingerprint density at radius 3 is 2.48 bits per heavy atom. The maximum absolute atomic E-state index is 4.85. The third kappa shape index (κ3) is 8.87. The third-order valence-corrected chi connectivity index (χ3v) is 4.28. The number of nitrogens with zero attached hydrogens (tertiary/aromatic N) is 3. The van der Waals surface area contributed by atoms with Crippen LogP contribution in [0.15, 0.2) is 29.4 Å². The molecule has 1 aromatic heterocycles. The maximum Gasteiger partial charge on any atom is 0.191 e. The van der Waals surface area contributed by atoms with Crippen LogP contribution in [-0.4, -0.2) is 54.6 Å². The molecule has 2 N–H and O–H groups in total. The average Bonchev–Trinajstić information content (AvgIpc) is 2.60. The second-order valence-electron chi connectivity index (χ2n) is 6.72. The Balaban J connectivity index is 2.61. The summed E-state index contributed by atoms with van der Waals surface area (Å²) in [6.45, 7) is 15.8. The second kappa shape index (κ2) is 12.7. The molecule has 142 valence electrons. The van der Waals surface area contributed by atoms with E-state index in [2.05, 4.69) is 61.2 Å². The lowest BCUT2D eigenvalue weighted by atomic mass is 10.0. The van der Waals surface area contributed by atoms with Crippen molar-refractivity contribution >= 4 is 5.96 Å². The highest BCUT2D eigenvalue weighted by atomic mass is 15.2. The van der Waals surface area contributed by atoms with Gasteiger partial charge in [0.25, 0.3) is 0 Å². The number of hydrogen-bond acceptors (Lipinski definition) is 3. The number of aliphatic imine (C=N–C) groups is 1. The quantitative estimate of drug-likeness (QED) is 0.477. The van der Waals surface area contributed by atoms with Gasteiger partial charge in [-0.05, 0) is 44.5 Å². The SMILES string of the molecule is CCNC(=NCC(CC(C)C)N(CC)CC)NCCc1ccccn1. The number of pyridine rings is 1. The van der Waals surface area contributed by atoms with Gasteiger partial charge in [0, 0.05) is 37.4 Å². The Kier molecular flexibility index (Phi) is 10.9. The van der Waals surface area contributed by atoms with Crippen LogP contribution in [-0.2, 0) is 6.42 Å². The van der Waals surface area contributed by atoms with Gasteiger partial charge in [0.15, 0.2) is 5.96 Å². The summed E-state index contributed by atoms with van der Waals surface area (Å²) in [5.41, 5.74) is 1.10. The largest absolute Gasteiger partial charge is 0.357 e. The zero-order chi connectivity index (χ0) is 18.5. The first-order chi connectivity index (χ1) is 12.1. The molecule has 1 heterocycles. The van der Waals surface area contributed by atoms with Gasteiger partial charge < -0.3 is 10.6 Å². The van der Waals surface area contributed by atoms with Crippen LogP contribution in [0, 0.1) is 5.92 Å². The molecule has 1 rings (SSSR count). The van der Waals surface area contributed by atoms with Gasteiger partial charge in [0.2, 0.25) is 0 Å². The minimum atomic E-state index is 0.501. The molecule has 1 atom stereocenters. The van der Waals surface area contributed by atoms with Gasteiger partial charge in [-0.2, -0.15) is 0 Å². The summed E-state index contributed by atoms with van der Waals surface area (Å²) >= 11 is 0. The van der Waals surface area contributed by atoms with Gasteiger partial charge in [-0.1, -0.05) is 33.8 Å². The predicted octanol–water partition coefficient (Wildman–Crippen LogP) is 2.94. The Labute approximate surface area is 154 Å². The van der Waals surface area contributed by atoms with Crippen molar-refractivity contribution in [2.45, 2.75) is 53.5 Å². The van der Waals surface area contributed by atoms with Crippen molar-refractivity contribution in [1.82, 2.24) is 20.5 Å². The van der Waals surface area contributed by atoms with Crippen LogP contribution < -0.4 is 10.6 Å². The Morgan fingerprint density at radius 1 is 1.16 bits per heavy atom. The fraction of sp³-hybridized carbons (Fsp3) is 0.700. The van der Waals surface area contributed by atoms with E-state index in [4.69, 9.17) is 4.99 Å². The number of nitrogens with one attached hydrogen (secondary N) is 2. The molecule has 5 heteroatoms. The van der Waals surface area contributed by atoms with Crippen molar-refractivity contribution in [3.8, 4) is 0 Å². The highest BCUT2D eigenvalue weighted by Crippen LogP contribution is 2.12. The number of guanidine groups is 1. The molecule has 5 nitrogen and oxygen atoms in total. The Hall–Kier alpha value is -1.62. The zero-order valence-electron chi connectivity index (χ0n) is 16.8. The molecule has 0 aromatic carbocycles. The first-order valence-electron chi connectivity index (χ1n) is 9.76. The van der Waals surface area contributed by atoms with E-state index in [9.17, 15) is 0 Å². The summed E-state index contributed by atoms with van der Waals surface area (Å²) in [7, 11) is 0. The van der Waals surface area contributed by atoms with Crippen LogP contribution in [0.5, 0.6) is 0 Å². The Bertz CT molecular complexity index is 468. The standard InChI is InChI=1S/C20H37N5/c1-6-21-20(23-14-12-18-11-9-10-13-22-18)24-16-19(15-17(4)5)25(7-2)8-3/h9-11,13,17,19H,6-8,12,14-16H2,1-5H3,(H2,21,23,24). The van der Waals surface area contributed by atoms with E-state index in [1.165, 1.54) is 6.42 Å². The molecule has 0 fully saturated rings. The molecule has 0 saturated carbocycles. The topological polar surface area (TPSA) is 52.6 Å². The van der Waals surface area contributed by atoms with E-state index in [1.54, 1.807) is 0 Å². The van der Waals surface area contributed by atoms with Gasteiger partial charge >= 0.3 is 0 Å². The fourth-order valence-electron chi connectivity index (χ4n) is 3.02. The molecule has 0 aliphatic heterocycles. The van der Waals surface area contributed by atoms with Crippen molar-refractivity contribution < 1.29 is 0 Å². The van der Waals surface area contributed by atoms with Crippen molar-refractivity contribution in [1.29, 1.82) is 0 Å². The Morgan fingerprint density at radius 2 is 1.92 bits per heavy atom. The van der Waals surface area contributed by atoms with Gasteiger partial charge in [0.1, 0.15) is 0 Å². The molecule has 0 amide bonds. The lowest BCUT2D eigenvalue weighted by Crippen LogP contribution is -2.42. The summed E-state index contributed by atoms with van der Waals surface area (Å²) in [4.78, 5) is 11.7. The minimum Gasteiger partial charge on any atom is -0.357 e. The van der Waals surface area contributed by atoms with E-state index in [0.29, 0.717) is 12.0 Å². The zero-order valence-corrected chi connectivity index (χ0v) is 16.8. The van der Waals surface area contributed by atoms with E-state index in [0.717, 1.165) is 50.8 Å². The van der Waals surface area contributed by atoms with Gasteiger partial charge in [0.05, 0.1) is 6.54 Å². The number of likely N-dealkylation sites (N-methyl/N-ethyl adjacent to an activating group) is 1. The van der Waals surface area contributed by atoms with Gasteiger partial charge in [-0.15, -0.1) is 0 Å². The van der Waals surface area contributed by atoms with Crippen molar-refractivity contribution in [2.75, 3.05) is 32.7 Å². The van der Waals surface area contributed by atoms with E-state index < -0.39 is 0 Å². The van der Waals surface area contributed by atoms with Crippen LogP contribution in [0.4, 0.5) is 0 Å². The summed E-state index contributed by atoms with van der Waals surface area (Å²) in [6, 6.07) is 6.54. The van der Waals surface area contributed by atoms with Crippen molar-refractivity contribution in [3.05, 3.63) is 30.1 Å². The molecular weight excluding hydrogens is 310 g/mol. The van der Waals surface area contributed by atoms with Crippen LogP contribution in [0.25, 0.3) is 0 Å². The molecule has 1 aromatic rings. The maximum atomic E-state index is 4.85. The summed E-state index contributed by atoms with van der Waals surface area (Å²) < 4.78 is 0. The third-order valence-electron chi connectivity index (χ3n) is 4.28. The molecule has 25 heavy (non-hydrogen) atoms. The van der Waals surface area contributed by atoms with E-state index in [1.807, 2.05) is 18.3 Å². The summed E-state index contributed by atoms with van der Waals surface area (Å²) in [6.07, 6.45) is 3.92. The van der Waals surface area contributed by atoms with Crippen LogP contribution >= 0.6 is 0 Å². The lowest BCUT2D eigenvalue weighted by Gasteiger charge is -2.30. The van der Waals surface area contributed by atoms with Crippen LogP contribution in [0.2, 0.25) is 0 Å². The molecular formula is C20H37N5.